The van der Waals surface area contributed by atoms with Gasteiger partial charge >= 0.3 is 0 Å². The lowest BCUT2D eigenvalue weighted by Gasteiger charge is -2.31. The molecule has 1 fully saturated rings. The van der Waals surface area contributed by atoms with E-state index in [0.717, 1.165) is 24.9 Å². The highest BCUT2D eigenvalue weighted by Gasteiger charge is 2.17. The molecule has 1 aliphatic carbocycles. The summed E-state index contributed by atoms with van der Waals surface area (Å²) in [6.45, 7) is 6.20. The van der Waals surface area contributed by atoms with Gasteiger partial charge in [0.05, 0.1) is 6.10 Å². The first-order chi connectivity index (χ1) is 10.1. The Morgan fingerprint density at radius 2 is 1.81 bits per heavy atom. The second-order valence-corrected chi connectivity index (χ2v) is 6.39. The fourth-order valence-corrected chi connectivity index (χ4v) is 3.00. The van der Waals surface area contributed by atoms with Gasteiger partial charge in [-0.25, -0.2) is 0 Å². The van der Waals surface area contributed by atoms with Crippen LogP contribution in [-0.2, 0) is 0 Å². The first kappa shape index (κ1) is 16.2. The summed E-state index contributed by atoms with van der Waals surface area (Å²) in [6.07, 6.45) is 7.20. The van der Waals surface area contributed by atoms with Crippen molar-refractivity contribution in [1.29, 1.82) is 0 Å². The molecule has 3 heteroatoms. The molecule has 0 saturated heterocycles. The zero-order valence-corrected chi connectivity index (χ0v) is 13.8. The van der Waals surface area contributed by atoms with Gasteiger partial charge in [0.2, 0.25) is 0 Å². The van der Waals surface area contributed by atoms with Gasteiger partial charge < -0.3 is 15.0 Å². The molecule has 1 aliphatic rings. The molecular weight excluding hydrogens is 260 g/mol. The zero-order valence-electron chi connectivity index (χ0n) is 13.8. The molecule has 0 aliphatic heterocycles. The number of benzene rings is 1. The number of anilines is 1. The van der Waals surface area contributed by atoms with E-state index in [1.165, 1.54) is 37.8 Å². The van der Waals surface area contributed by atoms with Crippen molar-refractivity contribution in [3.05, 3.63) is 24.3 Å². The van der Waals surface area contributed by atoms with Crippen molar-refractivity contribution in [3.8, 4) is 5.75 Å². The summed E-state index contributed by atoms with van der Waals surface area (Å²) in [4.78, 5) is 2.52. The molecule has 3 nitrogen and oxygen atoms in total. The van der Waals surface area contributed by atoms with E-state index in [-0.39, 0.29) is 6.10 Å². The lowest BCUT2D eigenvalue weighted by atomic mass is 9.94. The first-order valence-corrected chi connectivity index (χ1v) is 8.36. The average Bonchev–Trinajstić information content (AvgIpc) is 2.49. The van der Waals surface area contributed by atoms with Crippen LogP contribution in [-0.4, -0.2) is 37.2 Å². The summed E-state index contributed by atoms with van der Waals surface area (Å²) in [7, 11) is 2.26. The fourth-order valence-electron chi connectivity index (χ4n) is 3.00. The lowest BCUT2D eigenvalue weighted by molar-refractivity contribution is 0.198. The largest absolute Gasteiger partial charge is 0.491 e. The molecule has 0 heterocycles. The Kier molecular flexibility index (Phi) is 6.37. The fraction of sp³-hybridized carbons (Fsp3) is 0.667. The summed E-state index contributed by atoms with van der Waals surface area (Å²) in [6, 6.07) is 9.05. The Morgan fingerprint density at radius 1 is 1.14 bits per heavy atom. The van der Waals surface area contributed by atoms with Crippen LogP contribution in [0.4, 0.5) is 5.69 Å². The van der Waals surface area contributed by atoms with Gasteiger partial charge in [-0.3, -0.25) is 0 Å². The Labute approximate surface area is 129 Å². The van der Waals surface area contributed by atoms with Crippen LogP contribution < -0.4 is 10.1 Å². The molecule has 0 radical (unpaired) electrons. The molecule has 0 amide bonds. The van der Waals surface area contributed by atoms with Crippen molar-refractivity contribution in [1.82, 2.24) is 4.90 Å². The second-order valence-electron chi connectivity index (χ2n) is 6.39. The summed E-state index contributed by atoms with van der Waals surface area (Å²) in [5.74, 6) is 0.940. The summed E-state index contributed by atoms with van der Waals surface area (Å²) >= 11 is 0. The molecule has 0 spiro atoms. The monoisotopic (exact) mass is 290 g/mol. The lowest BCUT2D eigenvalue weighted by Crippen LogP contribution is -2.36. The molecule has 1 N–H and O–H groups in total. The summed E-state index contributed by atoms with van der Waals surface area (Å²) < 4.78 is 5.66. The van der Waals surface area contributed by atoms with E-state index in [2.05, 4.69) is 29.4 Å². The van der Waals surface area contributed by atoms with Crippen molar-refractivity contribution in [2.75, 3.05) is 25.5 Å². The zero-order chi connectivity index (χ0) is 15.1. The van der Waals surface area contributed by atoms with Gasteiger partial charge in [0.1, 0.15) is 5.75 Å². The van der Waals surface area contributed by atoms with Crippen LogP contribution in [0.5, 0.6) is 5.75 Å². The van der Waals surface area contributed by atoms with E-state index < -0.39 is 0 Å². The molecule has 0 bridgehead atoms. The SMILES string of the molecule is CC(C)Oc1ccc(NCCN(C)C2CCCCC2)cc1. The Hall–Kier alpha value is -1.22. The van der Waals surface area contributed by atoms with Crippen LogP contribution in [0.1, 0.15) is 46.0 Å². The first-order valence-electron chi connectivity index (χ1n) is 8.36. The van der Waals surface area contributed by atoms with Crippen LogP contribution in [0.15, 0.2) is 24.3 Å². The standard InChI is InChI=1S/C18H30N2O/c1-15(2)21-18-11-9-16(10-12-18)19-13-14-20(3)17-7-5-4-6-8-17/h9-12,15,17,19H,4-8,13-14H2,1-3H3. The van der Waals surface area contributed by atoms with Crippen molar-refractivity contribution in [2.45, 2.75) is 58.1 Å². The molecule has 0 aromatic heterocycles. The predicted molar refractivity (Wildman–Crippen MR) is 90.2 cm³/mol. The van der Waals surface area contributed by atoms with Gasteiger partial charge in [0, 0.05) is 24.8 Å². The molecule has 118 valence electrons. The highest BCUT2D eigenvalue weighted by atomic mass is 16.5. The Balaban J connectivity index is 1.70. The normalized spacial score (nSPS) is 16.4. The Morgan fingerprint density at radius 3 is 2.43 bits per heavy atom. The predicted octanol–water partition coefficient (Wildman–Crippen LogP) is 4.15. The maximum atomic E-state index is 5.66. The smallest absolute Gasteiger partial charge is 0.119 e. The van der Waals surface area contributed by atoms with Gasteiger partial charge in [0.15, 0.2) is 0 Å². The number of likely N-dealkylation sites (N-methyl/N-ethyl adjacent to an activating group) is 1. The van der Waals surface area contributed by atoms with Gasteiger partial charge in [-0.2, -0.15) is 0 Å². The van der Waals surface area contributed by atoms with Gasteiger partial charge in [-0.05, 0) is 58.0 Å². The number of nitrogens with zero attached hydrogens (tertiary/aromatic N) is 1. The average molecular weight is 290 g/mol. The van der Waals surface area contributed by atoms with Crippen LogP contribution in [0.2, 0.25) is 0 Å². The number of hydrogen-bond acceptors (Lipinski definition) is 3. The van der Waals surface area contributed by atoms with E-state index >= 15 is 0 Å². The van der Waals surface area contributed by atoms with Gasteiger partial charge in [0.25, 0.3) is 0 Å². The van der Waals surface area contributed by atoms with Crippen LogP contribution >= 0.6 is 0 Å². The van der Waals surface area contributed by atoms with Crippen LogP contribution in [0, 0.1) is 0 Å². The molecular formula is C18H30N2O. The summed E-state index contributed by atoms with van der Waals surface area (Å²) in [5, 5.41) is 3.50. The third kappa shape index (κ3) is 5.58. The number of ether oxygens (including phenoxy) is 1. The maximum Gasteiger partial charge on any atom is 0.119 e. The van der Waals surface area contributed by atoms with E-state index in [0.29, 0.717) is 0 Å². The van der Waals surface area contributed by atoms with E-state index in [4.69, 9.17) is 4.74 Å². The minimum Gasteiger partial charge on any atom is -0.491 e. The quantitative estimate of drug-likeness (QED) is 0.816. The van der Waals surface area contributed by atoms with Crippen molar-refractivity contribution < 1.29 is 4.74 Å². The highest BCUT2D eigenvalue weighted by Crippen LogP contribution is 2.21. The molecule has 2 rings (SSSR count). The second kappa shape index (κ2) is 8.28. The van der Waals surface area contributed by atoms with E-state index in [9.17, 15) is 0 Å². The molecule has 21 heavy (non-hydrogen) atoms. The van der Waals surface area contributed by atoms with Crippen LogP contribution in [0.3, 0.4) is 0 Å². The van der Waals surface area contributed by atoms with Crippen molar-refractivity contribution in [2.24, 2.45) is 0 Å². The third-order valence-corrected chi connectivity index (χ3v) is 4.22. The number of nitrogens with one attached hydrogen (secondary N) is 1. The summed E-state index contributed by atoms with van der Waals surface area (Å²) in [5.41, 5.74) is 1.17. The molecule has 0 atom stereocenters. The third-order valence-electron chi connectivity index (χ3n) is 4.22. The number of hydrogen-bond donors (Lipinski definition) is 1. The molecule has 1 aromatic carbocycles. The topological polar surface area (TPSA) is 24.5 Å². The molecule has 1 aromatic rings. The van der Waals surface area contributed by atoms with Gasteiger partial charge in [-0.15, -0.1) is 0 Å². The van der Waals surface area contributed by atoms with Crippen molar-refractivity contribution in [3.63, 3.8) is 0 Å². The molecule has 0 unspecified atom stereocenters. The van der Waals surface area contributed by atoms with Gasteiger partial charge in [-0.1, -0.05) is 19.3 Å². The maximum absolute atomic E-state index is 5.66. The molecule has 1 saturated carbocycles. The minimum absolute atomic E-state index is 0.230. The van der Waals surface area contributed by atoms with Crippen LogP contribution in [0.25, 0.3) is 0 Å². The Bertz CT molecular complexity index is 396. The van der Waals surface area contributed by atoms with E-state index in [1.54, 1.807) is 0 Å². The van der Waals surface area contributed by atoms with E-state index in [1.807, 2.05) is 26.0 Å². The highest BCUT2D eigenvalue weighted by molar-refractivity contribution is 5.46. The van der Waals surface area contributed by atoms with Crippen molar-refractivity contribution >= 4 is 5.69 Å². The minimum atomic E-state index is 0.230. The number of rotatable bonds is 7.